The molecule has 4 rings (SSSR count). The molecule has 140 valence electrons. The van der Waals surface area contributed by atoms with E-state index in [1.807, 2.05) is 25.7 Å². The molecule has 0 radical (unpaired) electrons. The average Bonchev–Trinajstić information content (AvgIpc) is 3.31. The Kier molecular flexibility index (Phi) is 4.52. The first kappa shape index (κ1) is 17.2. The van der Waals surface area contributed by atoms with Crippen molar-refractivity contribution in [3.63, 3.8) is 0 Å². The fourth-order valence-electron chi connectivity index (χ4n) is 3.91. The van der Waals surface area contributed by atoms with E-state index >= 15 is 0 Å². The third kappa shape index (κ3) is 2.92. The standard InChI is InChI=1S/C18H26N6O2/c1-11(2)16-15(12(3)26-22-16)18(25)23-8-6-14-20-21-17(24(14)10-9-23)13-5-4-7-19-13/h11,13,19H,4-10H2,1-3H3/t13-/m1/s1. The van der Waals surface area contributed by atoms with Crippen molar-refractivity contribution in [3.8, 4) is 0 Å². The number of nitrogens with zero attached hydrogens (tertiary/aromatic N) is 5. The second-order valence-corrected chi connectivity index (χ2v) is 7.47. The van der Waals surface area contributed by atoms with Crippen molar-refractivity contribution in [2.75, 3.05) is 19.6 Å². The number of aromatic nitrogens is 4. The summed E-state index contributed by atoms with van der Waals surface area (Å²) in [7, 11) is 0. The van der Waals surface area contributed by atoms with E-state index in [0.717, 1.165) is 36.9 Å². The molecule has 8 heteroatoms. The summed E-state index contributed by atoms with van der Waals surface area (Å²) < 4.78 is 7.49. The van der Waals surface area contributed by atoms with Gasteiger partial charge in [0.25, 0.3) is 5.91 Å². The number of carbonyl (C=O) groups excluding carboxylic acids is 1. The number of hydrogen-bond acceptors (Lipinski definition) is 6. The van der Waals surface area contributed by atoms with E-state index in [1.54, 1.807) is 0 Å². The minimum atomic E-state index is 0.00621. The third-order valence-electron chi connectivity index (χ3n) is 5.36. The molecule has 0 aliphatic carbocycles. The normalized spacial score (nSPS) is 20.5. The Hall–Kier alpha value is -2.22. The van der Waals surface area contributed by atoms with E-state index < -0.39 is 0 Å². The van der Waals surface area contributed by atoms with Crippen LogP contribution in [0.5, 0.6) is 0 Å². The molecule has 2 aromatic rings. The van der Waals surface area contributed by atoms with Crippen LogP contribution < -0.4 is 5.32 Å². The van der Waals surface area contributed by atoms with Gasteiger partial charge in [-0.15, -0.1) is 10.2 Å². The lowest BCUT2D eigenvalue weighted by Crippen LogP contribution is -2.34. The van der Waals surface area contributed by atoms with Gasteiger partial charge in [-0.05, 0) is 32.2 Å². The van der Waals surface area contributed by atoms with E-state index in [0.29, 0.717) is 30.8 Å². The summed E-state index contributed by atoms with van der Waals surface area (Å²) in [6.07, 6.45) is 2.98. The highest BCUT2D eigenvalue weighted by atomic mass is 16.5. The predicted molar refractivity (Wildman–Crippen MR) is 94.9 cm³/mol. The van der Waals surface area contributed by atoms with E-state index in [1.165, 1.54) is 6.42 Å². The Morgan fingerprint density at radius 2 is 2.12 bits per heavy atom. The molecule has 0 unspecified atom stereocenters. The molecule has 8 nitrogen and oxygen atoms in total. The van der Waals surface area contributed by atoms with Crippen LogP contribution >= 0.6 is 0 Å². The van der Waals surface area contributed by atoms with Crippen molar-refractivity contribution in [3.05, 3.63) is 28.7 Å². The predicted octanol–water partition coefficient (Wildman–Crippen LogP) is 1.82. The molecular weight excluding hydrogens is 332 g/mol. The van der Waals surface area contributed by atoms with Crippen LogP contribution in [-0.2, 0) is 13.0 Å². The maximum Gasteiger partial charge on any atom is 0.259 e. The first-order chi connectivity index (χ1) is 12.6. The monoisotopic (exact) mass is 358 g/mol. The van der Waals surface area contributed by atoms with Crippen molar-refractivity contribution >= 4 is 5.91 Å². The van der Waals surface area contributed by atoms with Crippen molar-refractivity contribution in [1.82, 2.24) is 30.1 Å². The largest absolute Gasteiger partial charge is 0.361 e. The van der Waals surface area contributed by atoms with Gasteiger partial charge >= 0.3 is 0 Å². The van der Waals surface area contributed by atoms with Crippen LogP contribution in [0.4, 0.5) is 0 Å². The van der Waals surface area contributed by atoms with Crippen molar-refractivity contribution in [1.29, 1.82) is 0 Å². The first-order valence-electron chi connectivity index (χ1n) is 9.47. The minimum absolute atomic E-state index is 0.00621. The zero-order valence-corrected chi connectivity index (χ0v) is 15.7. The Labute approximate surface area is 152 Å². The van der Waals surface area contributed by atoms with Gasteiger partial charge in [-0.25, -0.2) is 0 Å². The molecule has 2 aliphatic heterocycles. The van der Waals surface area contributed by atoms with Crippen LogP contribution in [-0.4, -0.2) is 50.4 Å². The zero-order chi connectivity index (χ0) is 18.3. The number of nitrogens with one attached hydrogen (secondary N) is 1. The lowest BCUT2D eigenvalue weighted by atomic mass is 10.0. The quantitative estimate of drug-likeness (QED) is 0.900. The van der Waals surface area contributed by atoms with Gasteiger partial charge in [0.15, 0.2) is 0 Å². The number of aryl methyl sites for hydroxylation is 1. The van der Waals surface area contributed by atoms with E-state index in [9.17, 15) is 4.79 Å². The highest BCUT2D eigenvalue weighted by Crippen LogP contribution is 2.26. The lowest BCUT2D eigenvalue weighted by Gasteiger charge is -2.21. The number of carbonyl (C=O) groups is 1. The fraction of sp³-hybridized carbons (Fsp3) is 0.667. The van der Waals surface area contributed by atoms with Crippen LogP contribution in [0, 0.1) is 6.92 Å². The van der Waals surface area contributed by atoms with Crippen LogP contribution in [0.2, 0.25) is 0 Å². The Morgan fingerprint density at radius 3 is 2.85 bits per heavy atom. The molecule has 2 aliphatic rings. The lowest BCUT2D eigenvalue weighted by molar-refractivity contribution is 0.0755. The number of amides is 1. The molecule has 2 aromatic heterocycles. The second-order valence-electron chi connectivity index (χ2n) is 7.47. The molecule has 4 heterocycles. The van der Waals surface area contributed by atoms with Gasteiger partial charge in [-0.2, -0.15) is 0 Å². The molecule has 0 spiro atoms. The minimum Gasteiger partial charge on any atom is -0.361 e. The summed E-state index contributed by atoms with van der Waals surface area (Å²) >= 11 is 0. The van der Waals surface area contributed by atoms with Crippen LogP contribution in [0.3, 0.4) is 0 Å². The Balaban J connectivity index is 1.54. The van der Waals surface area contributed by atoms with Crippen LogP contribution in [0.1, 0.15) is 72.1 Å². The third-order valence-corrected chi connectivity index (χ3v) is 5.36. The number of hydrogen-bond donors (Lipinski definition) is 1. The van der Waals surface area contributed by atoms with Crippen LogP contribution in [0.25, 0.3) is 0 Å². The van der Waals surface area contributed by atoms with Gasteiger partial charge in [0.1, 0.15) is 23.0 Å². The van der Waals surface area contributed by atoms with E-state index in [2.05, 4.69) is 25.2 Å². The fourth-order valence-corrected chi connectivity index (χ4v) is 3.91. The topological polar surface area (TPSA) is 89.1 Å². The van der Waals surface area contributed by atoms with Gasteiger partial charge < -0.3 is 19.3 Å². The van der Waals surface area contributed by atoms with Gasteiger partial charge in [-0.3, -0.25) is 4.79 Å². The molecule has 1 atom stereocenters. The maximum absolute atomic E-state index is 13.1. The Morgan fingerprint density at radius 1 is 1.27 bits per heavy atom. The number of fused-ring (bicyclic) bond motifs is 1. The van der Waals surface area contributed by atoms with Gasteiger partial charge in [0.05, 0.1) is 11.7 Å². The van der Waals surface area contributed by atoms with Crippen LogP contribution in [0.15, 0.2) is 4.52 Å². The molecule has 26 heavy (non-hydrogen) atoms. The second kappa shape index (κ2) is 6.83. The molecule has 1 fully saturated rings. The van der Waals surface area contributed by atoms with Gasteiger partial charge in [0.2, 0.25) is 0 Å². The molecule has 1 saturated heterocycles. The van der Waals surface area contributed by atoms with E-state index in [-0.39, 0.29) is 17.9 Å². The molecule has 0 bridgehead atoms. The molecule has 1 amide bonds. The molecular formula is C18H26N6O2. The summed E-state index contributed by atoms with van der Waals surface area (Å²) in [6, 6.07) is 0.284. The first-order valence-corrected chi connectivity index (χ1v) is 9.47. The SMILES string of the molecule is Cc1onc(C(C)C)c1C(=O)N1CCc2nnc([C@H]3CCCN3)n2CC1. The van der Waals surface area contributed by atoms with Gasteiger partial charge in [0, 0.05) is 26.1 Å². The van der Waals surface area contributed by atoms with Crippen molar-refractivity contribution < 1.29 is 9.32 Å². The number of rotatable bonds is 3. The smallest absolute Gasteiger partial charge is 0.259 e. The maximum atomic E-state index is 13.1. The van der Waals surface area contributed by atoms with Gasteiger partial charge in [-0.1, -0.05) is 19.0 Å². The average molecular weight is 358 g/mol. The summed E-state index contributed by atoms with van der Waals surface area (Å²) in [5.41, 5.74) is 1.36. The summed E-state index contributed by atoms with van der Waals surface area (Å²) in [4.78, 5) is 15.0. The highest BCUT2D eigenvalue weighted by molar-refractivity contribution is 5.96. The zero-order valence-electron chi connectivity index (χ0n) is 15.7. The highest BCUT2D eigenvalue weighted by Gasteiger charge is 2.30. The van der Waals surface area contributed by atoms with E-state index in [4.69, 9.17) is 4.52 Å². The Bertz CT molecular complexity index is 803. The molecule has 0 aromatic carbocycles. The molecule has 0 saturated carbocycles. The van der Waals surface area contributed by atoms with Crippen molar-refractivity contribution in [2.24, 2.45) is 0 Å². The summed E-state index contributed by atoms with van der Waals surface area (Å²) in [5, 5.41) is 16.4. The summed E-state index contributed by atoms with van der Waals surface area (Å²) in [5.74, 6) is 2.73. The summed E-state index contributed by atoms with van der Waals surface area (Å²) in [6.45, 7) is 8.90. The molecule has 1 N–H and O–H groups in total. The van der Waals surface area contributed by atoms with Crippen molar-refractivity contribution in [2.45, 2.75) is 58.5 Å².